The maximum atomic E-state index is 13.2. The van der Waals surface area contributed by atoms with Crippen LogP contribution in [-0.2, 0) is 11.2 Å². The first-order valence-corrected chi connectivity index (χ1v) is 12.5. The molecule has 1 saturated heterocycles. The van der Waals surface area contributed by atoms with Crippen LogP contribution in [0.3, 0.4) is 0 Å². The van der Waals surface area contributed by atoms with Gasteiger partial charge in [0.2, 0.25) is 5.91 Å². The SMILES string of the molecule is Cc1cc(NC(=O)C(Cc2cnc[nH]2)NC(=O)c2ccc(Cl)s2)ccc1N1CCCN(C)CC1. The number of thiophene rings is 1. The normalized spacial score (nSPS) is 15.6. The molecule has 4 rings (SSSR count). The molecule has 2 amide bonds. The highest BCUT2D eigenvalue weighted by Gasteiger charge is 2.24. The van der Waals surface area contributed by atoms with E-state index in [9.17, 15) is 9.59 Å². The fraction of sp³-hybridized carbons (Fsp3) is 0.375. The average molecular weight is 501 g/mol. The van der Waals surface area contributed by atoms with E-state index in [0.29, 0.717) is 14.9 Å². The number of aryl methyl sites for hydroxylation is 1. The van der Waals surface area contributed by atoms with Gasteiger partial charge in [0.05, 0.1) is 15.5 Å². The van der Waals surface area contributed by atoms with Crippen LogP contribution in [0.1, 0.15) is 27.3 Å². The summed E-state index contributed by atoms with van der Waals surface area (Å²) in [6, 6.07) is 8.49. The summed E-state index contributed by atoms with van der Waals surface area (Å²) in [7, 11) is 2.15. The fourth-order valence-electron chi connectivity index (χ4n) is 4.10. The average Bonchev–Trinajstić information content (AvgIpc) is 3.43. The third kappa shape index (κ3) is 6.16. The standard InChI is InChI=1S/C24H29ClN6O2S/c1-16-12-17(4-5-20(16)31-9-3-8-30(2)10-11-31)28-23(32)19(13-18-14-26-15-27-18)29-24(33)21-6-7-22(25)34-21/h4-7,12,14-15,19H,3,8-11,13H2,1-2H3,(H,26,27)(H,28,32)(H,29,33). The van der Waals surface area contributed by atoms with E-state index in [0.717, 1.165) is 43.9 Å². The van der Waals surface area contributed by atoms with Gasteiger partial charge in [-0.3, -0.25) is 9.59 Å². The van der Waals surface area contributed by atoms with Crippen molar-refractivity contribution < 1.29 is 9.59 Å². The molecule has 0 aliphatic carbocycles. The van der Waals surface area contributed by atoms with Crippen LogP contribution in [0.2, 0.25) is 4.34 Å². The number of halogens is 1. The van der Waals surface area contributed by atoms with Crippen LogP contribution in [0.4, 0.5) is 11.4 Å². The van der Waals surface area contributed by atoms with E-state index in [-0.39, 0.29) is 18.2 Å². The molecule has 8 nitrogen and oxygen atoms in total. The number of likely N-dealkylation sites (N-methyl/N-ethyl adjacent to an activating group) is 1. The Morgan fingerprint density at radius 2 is 2.06 bits per heavy atom. The molecule has 0 saturated carbocycles. The first-order chi connectivity index (χ1) is 16.4. The Bertz CT molecular complexity index is 1130. The summed E-state index contributed by atoms with van der Waals surface area (Å²) in [4.78, 5) is 38.1. The van der Waals surface area contributed by atoms with Crippen LogP contribution >= 0.6 is 22.9 Å². The zero-order valence-corrected chi connectivity index (χ0v) is 20.9. The second-order valence-corrected chi connectivity index (χ2v) is 10.3. The number of hydrogen-bond donors (Lipinski definition) is 3. The number of imidazole rings is 1. The smallest absolute Gasteiger partial charge is 0.262 e. The van der Waals surface area contributed by atoms with Gasteiger partial charge in [-0.25, -0.2) is 4.98 Å². The highest BCUT2D eigenvalue weighted by atomic mass is 35.5. The van der Waals surface area contributed by atoms with E-state index in [2.05, 4.69) is 50.4 Å². The van der Waals surface area contributed by atoms with Crippen molar-refractivity contribution in [1.29, 1.82) is 0 Å². The molecule has 0 radical (unpaired) electrons. The molecule has 10 heteroatoms. The summed E-state index contributed by atoms with van der Waals surface area (Å²) in [6.07, 6.45) is 4.60. The Kier molecular flexibility index (Phi) is 7.87. The van der Waals surface area contributed by atoms with Gasteiger partial charge in [0.1, 0.15) is 6.04 Å². The first-order valence-electron chi connectivity index (χ1n) is 11.3. The van der Waals surface area contributed by atoms with Gasteiger partial charge >= 0.3 is 0 Å². The summed E-state index contributed by atoms with van der Waals surface area (Å²) in [5, 5.41) is 5.80. The summed E-state index contributed by atoms with van der Waals surface area (Å²) in [6.45, 7) is 6.19. The Morgan fingerprint density at radius 3 is 2.76 bits per heavy atom. The lowest BCUT2D eigenvalue weighted by Crippen LogP contribution is -2.45. The largest absolute Gasteiger partial charge is 0.370 e. The van der Waals surface area contributed by atoms with Crippen molar-refractivity contribution in [3.8, 4) is 0 Å². The lowest BCUT2D eigenvalue weighted by molar-refractivity contribution is -0.118. The molecule has 3 N–H and O–H groups in total. The maximum absolute atomic E-state index is 13.2. The zero-order chi connectivity index (χ0) is 24.1. The quantitative estimate of drug-likeness (QED) is 0.461. The predicted molar refractivity (Wildman–Crippen MR) is 137 cm³/mol. The van der Waals surface area contributed by atoms with Crippen LogP contribution in [0.25, 0.3) is 0 Å². The Hall–Kier alpha value is -2.88. The van der Waals surface area contributed by atoms with Crippen molar-refractivity contribution >= 4 is 46.1 Å². The van der Waals surface area contributed by atoms with E-state index >= 15 is 0 Å². The van der Waals surface area contributed by atoms with Crippen molar-refractivity contribution in [2.45, 2.75) is 25.8 Å². The number of benzene rings is 1. The Labute approximate surface area is 208 Å². The minimum atomic E-state index is -0.782. The maximum Gasteiger partial charge on any atom is 0.262 e. The number of rotatable bonds is 7. The number of nitrogens with one attached hydrogen (secondary N) is 3. The molecule has 1 atom stereocenters. The molecular formula is C24H29ClN6O2S. The minimum absolute atomic E-state index is 0.287. The van der Waals surface area contributed by atoms with Gasteiger partial charge in [-0.15, -0.1) is 11.3 Å². The third-order valence-corrected chi connectivity index (χ3v) is 7.15. The molecule has 1 aliphatic heterocycles. The topological polar surface area (TPSA) is 93.4 Å². The number of aromatic amines is 1. The molecule has 0 bridgehead atoms. The van der Waals surface area contributed by atoms with E-state index in [4.69, 9.17) is 11.6 Å². The Morgan fingerprint density at radius 1 is 1.21 bits per heavy atom. The van der Waals surface area contributed by atoms with Crippen molar-refractivity contribution in [3.05, 3.63) is 63.3 Å². The van der Waals surface area contributed by atoms with E-state index in [1.54, 1.807) is 24.7 Å². The van der Waals surface area contributed by atoms with Gasteiger partial charge in [0.15, 0.2) is 0 Å². The van der Waals surface area contributed by atoms with Crippen LogP contribution in [-0.4, -0.2) is 66.0 Å². The molecule has 1 unspecified atom stereocenters. The number of hydrogen-bond acceptors (Lipinski definition) is 6. The van der Waals surface area contributed by atoms with Gasteiger partial charge in [-0.05, 0) is 62.8 Å². The summed E-state index contributed by atoms with van der Waals surface area (Å²) in [5.74, 6) is -0.636. The van der Waals surface area contributed by atoms with Gasteiger partial charge in [0.25, 0.3) is 5.91 Å². The first kappa shape index (κ1) is 24.3. The third-order valence-electron chi connectivity index (χ3n) is 5.92. The molecular weight excluding hydrogens is 472 g/mol. The molecule has 1 aromatic carbocycles. The highest BCUT2D eigenvalue weighted by molar-refractivity contribution is 7.18. The summed E-state index contributed by atoms with van der Waals surface area (Å²) < 4.78 is 0.520. The van der Waals surface area contributed by atoms with Crippen molar-refractivity contribution in [2.75, 3.05) is 43.4 Å². The van der Waals surface area contributed by atoms with E-state index in [1.165, 1.54) is 17.0 Å². The second-order valence-electron chi connectivity index (χ2n) is 8.55. The lowest BCUT2D eigenvalue weighted by atomic mass is 10.1. The van der Waals surface area contributed by atoms with E-state index < -0.39 is 6.04 Å². The highest BCUT2D eigenvalue weighted by Crippen LogP contribution is 2.25. The summed E-state index contributed by atoms with van der Waals surface area (Å²) >= 11 is 7.14. The molecule has 1 aliphatic rings. The van der Waals surface area contributed by atoms with Crippen LogP contribution in [0, 0.1) is 6.92 Å². The molecule has 0 spiro atoms. The number of carbonyl (C=O) groups is 2. The predicted octanol–water partition coefficient (Wildman–Crippen LogP) is 3.55. The number of nitrogens with zero attached hydrogens (tertiary/aromatic N) is 3. The van der Waals surface area contributed by atoms with Gasteiger partial charge in [0, 0.05) is 49.3 Å². The fourth-order valence-corrected chi connectivity index (χ4v) is 5.04. The molecule has 34 heavy (non-hydrogen) atoms. The number of aromatic nitrogens is 2. The van der Waals surface area contributed by atoms with Crippen LogP contribution in [0.15, 0.2) is 42.9 Å². The number of amides is 2. The molecule has 1 fully saturated rings. The van der Waals surface area contributed by atoms with Crippen LogP contribution in [0.5, 0.6) is 0 Å². The number of anilines is 2. The van der Waals surface area contributed by atoms with Crippen molar-refractivity contribution in [1.82, 2.24) is 20.2 Å². The molecule has 180 valence electrons. The van der Waals surface area contributed by atoms with Gasteiger partial charge < -0.3 is 25.4 Å². The molecule has 2 aromatic heterocycles. The van der Waals surface area contributed by atoms with Crippen molar-refractivity contribution in [3.63, 3.8) is 0 Å². The second kappa shape index (κ2) is 11.0. The molecule has 3 heterocycles. The lowest BCUT2D eigenvalue weighted by Gasteiger charge is -2.25. The molecule has 3 aromatic rings. The van der Waals surface area contributed by atoms with Gasteiger partial charge in [-0.2, -0.15) is 0 Å². The van der Waals surface area contributed by atoms with Crippen LogP contribution < -0.4 is 15.5 Å². The van der Waals surface area contributed by atoms with Gasteiger partial charge in [-0.1, -0.05) is 11.6 Å². The monoisotopic (exact) mass is 500 g/mol. The number of carbonyl (C=O) groups excluding carboxylic acids is 2. The zero-order valence-electron chi connectivity index (χ0n) is 19.3. The van der Waals surface area contributed by atoms with Crippen molar-refractivity contribution in [2.24, 2.45) is 0 Å². The Balaban J connectivity index is 1.46. The van der Waals surface area contributed by atoms with E-state index in [1.807, 2.05) is 12.1 Å². The number of H-pyrrole nitrogens is 1. The minimum Gasteiger partial charge on any atom is -0.370 e. The summed E-state index contributed by atoms with van der Waals surface area (Å²) in [5.41, 5.74) is 3.73.